The molecule has 0 radical (unpaired) electrons. The van der Waals surface area contributed by atoms with E-state index in [1.807, 2.05) is 0 Å². The Kier molecular flexibility index (Phi) is 2.45. The molecule has 0 heterocycles. The smallest absolute Gasteiger partial charge is 0.253 e. The zero-order chi connectivity index (χ0) is 10.9. The molecule has 0 aromatic heterocycles. The molecule has 0 spiro atoms. The minimum atomic E-state index is -4.06. The number of hydrogen-bond acceptors (Lipinski definition) is 4. The van der Waals surface area contributed by atoms with E-state index >= 15 is 0 Å². The third-order valence-electron chi connectivity index (χ3n) is 1.56. The van der Waals surface area contributed by atoms with Gasteiger partial charge in [0.1, 0.15) is 11.3 Å². The van der Waals surface area contributed by atoms with Crippen LogP contribution in [-0.4, -0.2) is 19.4 Å². The number of rotatable bonds is 2. The Morgan fingerprint density at radius 1 is 1.36 bits per heavy atom. The molecule has 0 aliphatic heterocycles. The van der Waals surface area contributed by atoms with Crippen molar-refractivity contribution in [2.45, 2.75) is 4.90 Å². The third-order valence-corrected chi connectivity index (χ3v) is 2.51. The van der Waals surface area contributed by atoms with Gasteiger partial charge < -0.3 is 10.8 Å². The summed E-state index contributed by atoms with van der Waals surface area (Å²) >= 11 is 0. The maximum Gasteiger partial charge on any atom is 0.253 e. The highest BCUT2D eigenvalue weighted by Gasteiger charge is 2.20. The molecule has 1 aromatic rings. The summed E-state index contributed by atoms with van der Waals surface area (Å²) < 4.78 is 21.9. The summed E-state index contributed by atoms with van der Waals surface area (Å²) in [4.78, 5) is 10.4. The van der Waals surface area contributed by atoms with Crippen LogP contribution >= 0.6 is 0 Å². The van der Waals surface area contributed by atoms with Gasteiger partial charge in [0, 0.05) is 0 Å². The third kappa shape index (κ3) is 1.83. The molecule has 0 atom stereocenters. The van der Waals surface area contributed by atoms with Gasteiger partial charge in [-0.05, 0) is 12.1 Å². The molecular formula is C7H8N2O4S. The van der Waals surface area contributed by atoms with Gasteiger partial charge in [-0.25, -0.2) is 13.6 Å². The maximum absolute atomic E-state index is 11.0. The SMILES string of the molecule is NC(=O)c1c(O)cccc1S(N)(=O)=O. The van der Waals surface area contributed by atoms with E-state index in [2.05, 4.69) is 0 Å². The first-order valence-electron chi connectivity index (χ1n) is 3.48. The average molecular weight is 216 g/mol. The number of aromatic hydroxyl groups is 1. The van der Waals surface area contributed by atoms with E-state index in [9.17, 15) is 18.3 Å². The predicted octanol–water partition coefficient (Wildman–Crippen LogP) is -0.862. The molecule has 14 heavy (non-hydrogen) atoms. The molecule has 5 N–H and O–H groups in total. The predicted molar refractivity (Wildman–Crippen MR) is 48.0 cm³/mol. The summed E-state index contributed by atoms with van der Waals surface area (Å²) in [6.07, 6.45) is 0. The molecule has 0 fully saturated rings. The van der Waals surface area contributed by atoms with Crippen molar-refractivity contribution in [3.8, 4) is 5.75 Å². The van der Waals surface area contributed by atoms with Gasteiger partial charge in [-0.2, -0.15) is 0 Å². The van der Waals surface area contributed by atoms with Gasteiger partial charge in [-0.3, -0.25) is 4.79 Å². The summed E-state index contributed by atoms with van der Waals surface area (Å²) in [6.45, 7) is 0. The molecule has 7 heteroatoms. The van der Waals surface area contributed by atoms with Gasteiger partial charge in [-0.1, -0.05) is 6.07 Å². The summed E-state index contributed by atoms with van der Waals surface area (Å²) in [6, 6.07) is 3.49. The van der Waals surface area contributed by atoms with Gasteiger partial charge in [-0.15, -0.1) is 0 Å². The Bertz CT molecular complexity index is 480. The second-order valence-corrected chi connectivity index (χ2v) is 4.09. The Balaban J connectivity index is 3.61. The number of primary amides is 1. The number of phenols is 1. The van der Waals surface area contributed by atoms with Crippen LogP contribution in [0.15, 0.2) is 23.1 Å². The summed E-state index contributed by atoms with van der Waals surface area (Å²) in [5, 5.41) is 14.0. The lowest BCUT2D eigenvalue weighted by molar-refractivity contribution is 0.0994. The van der Waals surface area contributed by atoms with E-state index < -0.39 is 32.1 Å². The van der Waals surface area contributed by atoms with Gasteiger partial charge in [0.2, 0.25) is 10.0 Å². The molecule has 76 valence electrons. The van der Waals surface area contributed by atoms with Crippen molar-refractivity contribution in [1.82, 2.24) is 0 Å². The van der Waals surface area contributed by atoms with Crippen LogP contribution in [0.2, 0.25) is 0 Å². The van der Waals surface area contributed by atoms with Crippen LogP contribution in [0.5, 0.6) is 5.75 Å². The number of carbonyl (C=O) groups excluding carboxylic acids is 1. The van der Waals surface area contributed by atoms with Crippen molar-refractivity contribution < 1.29 is 18.3 Å². The van der Waals surface area contributed by atoms with E-state index in [1.54, 1.807) is 0 Å². The molecule has 6 nitrogen and oxygen atoms in total. The van der Waals surface area contributed by atoms with Crippen LogP contribution in [-0.2, 0) is 10.0 Å². The van der Waals surface area contributed by atoms with Crippen molar-refractivity contribution >= 4 is 15.9 Å². The summed E-state index contributed by atoms with van der Waals surface area (Å²) in [7, 11) is -4.06. The van der Waals surface area contributed by atoms with E-state index in [-0.39, 0.29) is 0 Å². The number of nitrogens with two attached hydrogens (primary N) is 2. The van der Waals surface area contributed by atoms with Crippen molar-refractivity contribution in [2.75, 3.05) is 0 Å². The number of sulfonamides is 1. The molecule has 1 amide bonds. The first-order valence-corrected chi connectivity index (χ1v) is 5.03. The Morgan fingerprint density at radius 2 is 1.93 bits per heavy atom. The molecule has 0 saturated carbocycles. The van der Waals surface area contributed by atoms with E-state index in [0.29, 0.717) is 0 Å². The van der Waals surface area contributed by atoms with Crippen molar-refractivity contribution in [2.24, 2.45) is 10.9 Å². The lowest BCUT2D eigenvalue weighted by atomic mass is 10.2. The number of primary sulfonamides is 1. The molecular weight excluding hydrogens is 208 g/mol. The van der Waals surface area contributed by atoms with Crippen LogP contribution in [0, 0.1) is 0 Å². The largest absolute Gasteiger partial charge is 0.507 e. The second-order valence-electron chi connectivity index (χ2n) is 2.56. The zero-order valence-electron chi connectivity index (χ0n) is 6.97. The van der Waals surface area contributed by atoms with Crippen LogP contribution < -0.4 is 10.9 Å². The minimum Gasteiger partial charge on any atom is -0.507 e. The van der Waals surface area contributed by atoms with Crippen molar-refractivity contribution in [3.63, 3.8) is 0 Å². The van der Waals surface area contributed by atoms with Crippen LogP contribution in [0.25, 0.3) is 0 Å². The Morgan fingerprint density at radius 3 is 2.29 bits per heavy atom. The quantitative estimate of drug-likeness (QED) is 0.594. The topological polar surface area (TPSA) is 123 Å². The number of hydrogen-bond donors (Lipinski definition) is 3. The van der Waals surface area contributed by atoms with E-state index in [0.717, 1.165) is 12.1 Å². The Labute approximate surface area is 80.2 Å². The normalized spacial score (nSPS) is 11.2. The first kappa shape index (κ1) is 10.5. The highest BCUT2D eigenvalue weighted by molar-refractivity contribution is 7.89. The standard InChI is InChI=1S/C7H8N2O4S/c8-7(11)6-4(10)2-1-3-5(6)14(9,12)13/h1-3,10H,(H2,8,11)(H2,9,12,13). The highest BCUT2D eigenvalue weighted by atomic mass is 32.2. The fourth-order valence-corrected chi connectivity index (χ4v) is 1.76. The van der Waals surface area contributed by atoms with Gasteiger partial charge in [0.05, 0.1) is 4.90 Å². The van der Waals surface area contributed by atoms with E-state index in [4.69, 9.17) is 10.9 Å². The number of benzene rings is 1. The molecule has 0 unspecified atom stereocenters. The van der Waals surface area contributed by atoms with Gasteiger partial charge >= 0.3 is 0 Å². The maximum atomic E-state index is 11.0. The average Bonchev–Trinajstić information content (AvgIpc) is 2.01. The van der Waals surface area contributed by atoms with Gasteiger partial charge in [0.15, 0.2) is 0 Å². The lowest BCUT2D eigenvalue weighted by Gasteiger charge is -2.05. The van der Waals surface area contributed by atoms with Crippen LogP contribution in [0.4, 0.5) is 0 Å². The summed E-state index contributed by atoms with van der Waals surface area (Å²) in [5.41, 5.74) is 4.40. The second kappa shape index (κ2) is 3.28. The Hall–Kier alpha value is -1.60. The molecule has 0 aliphatic carbocycles. The van der Waals surface area contributed by atoms with E-state index in [1.165, 1.54) is 6.07 Å². The van der Waals surface area contributed by atoms with Crippen molar-refractivity contribution in [3.05, 3.63) is 23.8 Å². The zero-order valence-corrected chi connectivity index (χ0v) is 7.78. The number of carbonyl (C=O) groups is 1. The minimum absolute atomic E-state index is 0.481. The fraction of sp³-hybridized carbons (Fsp3) is 0. The van der Waals surface area contributed by atoms with Crippen LogP contribution in [0.3, 0.4) is 0 Å². The monoisotopic (exact) mass is 216 g/mol. The molecule has 0 bridgehead atoms. The first-order chi connectivity index (χ1) is 6.34. The van der Waals surface area contributed by atoms with Crippen molar-refractivity contribution in [1.29, 1.82) is 0 Å². The molecule has 0 saturated heterocycles. The highest BCUT2D eigenvalue weighted by Crippen LogP contribution is 2.23. The summed E-state index contributed by atoms with van der Waals surface area (Å²) in [5.74, 6) is -1.56. The number of amides is 1. The fourth-order valence-electron chi connectivity index (χ4n) is 1.00. The van der Waals surface area contributed by atoms with Gasteiger partial charge in [0.25, 0.3) is 5.91 Å². The molecule has 1 aromatic carbocycles. The van der Waals surface area contributed by atoms with Crippen LogP contribution in [0.1, 0.15) is 10.4 Å². The molecule has 1 rings (SSSR count). The lowest BCUT2D eigenvalue weighted by Crippen LogP contribution is -2.20. The molecule has 0 aliphatic rings.